The summed E-state index contributed by atoms with van der Waals surface area (Å²) in [5, 5.41) is 2.48. The molecule has 1 saturated heterocycles. The van der Waals surface area contributed by atoms with Crippen LogP contribution in [0.3, 0.4) is 0 Å². The lowest BCUT2D eigenvalue weighted by Gasteiger charge is -2.22. The first-order valence-electron chi connectivity index (χ1n) is 10.1. The lowest BCUT2D eigenvalue weighted by molar-refractivity contribution is 0.404. The molecule has 10 heteroatoms. The van der Waals surface area contributed by atoms with E-state index in [0.29, 0.717) is 18.1 Å². The molecule has 1 aliphatic heterocycles. The second kappa shape index (κ2) is 9.62. The van der Waals surface area contributed by atoms with Crippen LogP contribution in [0.2, 0.25) is 5.02 Å². The molecule has 2 aromatic carbocycles. The molecule has 170 valence electrons. The molecule has 32 heavy (non-hydrogen) atoms. The molecule has 1 aliphatic rings. The van der Waals surface area contributed by atoms with Crippen molar-refractivity contribution in [3.05, 3.63) is 81.5 Å². The summed E-state index contributed by atoms with van der Waals surface area (Å²) in [4.78, 5) is 1.08. The molecular formula is C22H23ClN2O4S3. The molecule has 3 aromatic rings. The van der Waals surface area contributed by atoms with Gasteiger partial charge in [-0.25, -0.2) is 16.8 Å². The van der Waals surface area contributed by atoms with Crippen LogP contribution < -0.4 is 0 Å². The molecule has 0 atom stereocenters. The molecule has 0 bridgehead atoms. The van der Waals surface area contributed by atoms with Crippen LogP contribution in [0.25, 0.3) is 0 Å². The molecule has 4 rings (SSSR count). The van der Waals surface area contributed by atoms with Crippen LogP contribution in [0, 0.1) is 0 Å². The van der Waals surface area contributed by atoms with Crippen molar-refractivity contribution in [3.63, 3.8) is 0 Å². The van der Waals surface area contributed by atoms with Gasteiger partial charge in [0.2, 0.25) is 20.0 Å². The summed E-state index contributed by atoms with van der Waals surface area (Å²) in [5.74, 6) is 0. The van der Waals surface area contributed by atoms with E-state index in [4.69, 9.17) is 11.6 Å². The molecule has 0 aliphatic carbocycles. The lowest BCUT2D eigenvalue weighted by atomic mass is 10.2. The summed E-state index contributed by atoms with van der Waals surface area (Å²) in [5.41, 5.74) is 0.808. The van der Waals surface area contributed by atoms with E-state index in [2.05, 4.69) is 0 Å². The fourth-order valence-electron chi connectivity index (χ4n) is 3.61. The normalized spacial score (nSPS) is 15.4. The Kier molecular flexibility index (Phi) is 7.04. The minimum absolute atomic E-state index is 0.0587. The Morgan fingerprint density at radius 1 is 0.844 bits per heavy atom. The average molecular weight is 511 g/mol. The SMILES string of the molecule is O=S(=O)(c1ccc(S(=O)(=O)N(Cc2ccc(Cl)cc2)Cc2cccs2)cc1)N1CCCC1. The van der Waals surface area contributed by atoms with E-state index >= 15 is 0 Å². The monoisotopic (exact) mass is 510 g/mol. The minimum atomic E-state index is -3.87. The molecule has 0 spiro atoms. The summed E-state index contributed by atoms with van der Waals surface area (Å²) in [6.45, 7) is 1.39. The maximum Gasteiger partial charge on any atom is 0.243 e. The van der Waals surface area contributed by atoms with Crippen LogP contribution in [-0.2, 0) is 33.1 Å². The zero-order valence-corrected chi connectivity index (χ0v) is 20.4. The Bertz CT molecular complexity index is 1250. The van der Waals surface area contributed by atoms with Gasteiger partial charge in [-0.05, 0) is 66.2 Å². The Morgan fingerprint density at radius 3 is 2.06 bits per heavy atom. The first-order chi connectivity index (χ1) is 15.3. The molecule has 0 radical (unpaired) electrons. The number of nitrogens with zero attached hydrogens (tertiary/aromatic N) is 2. The van der Waals surface area contributed by atoms with E-state index in [9.17, 15) is 16.8 Å². The Hall–Kier alpha value is -1.75. The molecule has 2 heterocycles. The lowest BCUT2D eigenvalue weighted by Crippen LogP contribution is -2.30. The number of hydrogen-bond donors (Lipinski definition) is 0. The van der Waals surface area contributed by atoms with Gasteiger partial charge in [0.1, 0.15) is 0 Å². The second-order valence-corrected chi connectivity index (χ2v) is 12.9. The molecule has 0 amide bonds. The summed E-state index contributed by atoms with van der Waals surface area (Å²) in [7, 11) is -7.47. The van der Waals surface area contributed by atoms with Crippen LogP contribution in [-0.4, -0.2) is 38.5 Å². The van der Waals surface area contributed by atoms with Gasteiger partial charge in [0.15, 0.2) is 0 Å². The van der Waals surface area contributed by atoms with E-state index in [1.807, 2.05) is 17.5 Å². The van der Waals surface area contributed by atoms with E-state index in [1.165, 1.54) is 44.2 Å². The molecule has 0 N–H and O–H groups in total. The molecule has 0 unspecified atom stereocenters. The maximum absolute atomic E-state index is 13.5. The van der Waals surface area contributed by atoms with Gasteiger partial charge in [0.05, 0.1) is 9.79 Å². The van der Waals surface area contributed by atoms with Gasteiger partial charge in [-0.2, -0.15) is 8.61 Å². The first kappa shape index (κ1) is 23.4. The number of benzene rings is 2. The van der Waals surface area contributed by atoms with Gasteiger partial charge >= 0.3 is 0 Å². The van der Waals surface area contributed by atoms with Crippen molar-refractivity contribution in [2.45, 2.75) is 35.7 Å². The molecule has 1 fully saturated rings. The Morgan fingerprint density at radius 2 is 1.47 bits per heavy atom. The highest BCUT2D eigenvalue weighted by atomic mass is 35.5. The number of halogens is 1. The van der Waals surface area contributed by atoms with Gasteiger partial charge in [0.25, 0.3) is 0 Å². The molecular weight excluding hydrogens is 488 g/mol. The summed E-state index contributed by atoms with van der Waals surface area (Å²) in [6.07, 6.45) is 1.68. The van der Waals surface area contributed by atoms with Crippen LogP contribution in [0.1, 0.15) is 23.3 Å². The van der Waals surface area contributed by atoms with Gasteiger partial charge in [-0.15, -0.1) is 11.3 Å². The van der Waals surface area contributed by atoms with E-state index in [1.54, 1.807) is 24.3 Å². The van der Waals surface area contributed by atoms with Gasteiger partial charge in [-0.3, -0.25) is 0 Å². The highest BCUT2D eigenvalue weighted by Gasteiger charge is 2.29. The predicted octanol–water partition coefficient (Wildman–Crippen LogP) is 4.58. The zero-order valence-electron chi connectivity index (χ0n) is 17.2. The topological polar surface area (TPSA) is 74.8 Å². The third-order valence-corrected chi connectivity index (χ3v) is 10.2. The molecule has 6 nitrogen and oxygen atoms in total. The van der Waals surface area contributed by atoms with Crippen LogP contribution in [0.4, 0.5) is 0 Å². The molecule has 1 aromatic heterocycles. The summed E-state index contributed by atoms with van der Waals surface area (Å²) in [6, 6.07) is 16.3. The third kappa shape index (κ3) is 5.08. The minimum Gasteiger partial charge on any atom is -0.207 e. The Labute approximate surface area is 198 Å². The van der Waals surface area contributed by atoms with E-state index < -0.39 is 20.0 Å². The van der Waals surface area contributed by atoms with Crippen molar-refractivity contribution in [1.82, 2.24) is 8.61 Å². The smallest absolute Gasteiger partial charge is 0.207 e. The van der Waals surface area contributed by atoms with Crippen molar-refractivity contribution >= 4 is 43.0 Å². The molecule has 0 saturated carbocycles. The van der Waals surface area contributed by atoms with Crippen molar-refractivity contribution < 1.29 is 16.8 Å². The quantitative estimate of drug-likeness (QED) is 0.444. The van der Waals surface area contributed by atoms with Crippen molar-refractivity contribution in [3.8, 4) is 0 Å². The standard InChI is InChI=1S/C22H23ClN2O4S3/c23-19-7-5-18(6-8-19)16-25(17-20-4-3-15-30-20)32(28,29)22-11-9-21(10-12-22)31(26,27)24-13-1-2-14-24/h3-12,15H,1-2,13-14,16-17H2. The van der Waals surface area contributed by atoms with Crippen LogP contribution >= 0.6 is 22.9 Å². The van der Waals surface area contributed by atoms with E-state index in [-0.39, 0.29) is 22.9 Å². The van der Waals surface area contributed by atoms with Crippen LogP contribution in [0.15, 0.2) is 75.8 Å². The van der Waals surface area contributed by atoms with Gasteiger partial charge in [-0.1, -0.05) is 29.8 Å². The van der Waals surface area contributed by atoms with E-state index in [0.717, 1.165) is 23.3 Å². The first-order valence-corrected chi connectivity index (χ1v) is 14.3. The maximum atomic E-state index is 13.5. The fraction of sp³-hybridized carbons (Fsp3) is 0.273. The van der Waals surface area contributed by atoms with Crippen molar-refractivity contribution in [1.29, 1.82) is 0 Å². The fourth-order valence-corrected chi connectivity index (χ4v) is 7.46. The largest absolute Gasteiger partial charge is 0.243 e. The summed E-state index contributed by atoms with van der Waals surface area (Å²) < 4.78 is 55.4. The summed E-state index contributed by atoms with van der Waals surface area (Å²) >= 11 is 7.45. The van der Waals surface area contributed by atoms with Crippen LogP contribution in [0.5, 0.6) is 0 Å². The van der Waals surface area contributed by atoms with Crippen molar-refractivity contribution in [2.24, 2.45) is 0 Å². The Balaban J connectivity index is 1.63. The van der Waals surface area contributed by atoms with Crippen molar-refractivity contribution in [2.75, 3.05) is 13.1 Å². The third-order valence-electron chi connectivity index (χ3n) is 5.35. The number of hydrogen-bond acceptors (Lipinski definition) is 5. The predicted molar refractivity (Wildman–Crippen MR) is 127 cm³/mol. The highest BCUT2D eigenvalue weighted by molar-refractivity contribution is 7.89. The highest BCUT2D eigenvalue weighted by Crippen LogP contribution is 2.26. The second-order valence-electron chi connectivity index (χ2n) is 7.56. The van der Waals surface area contributed by atoms with Gasteiger partial charge in [0, 0.05) is 36.1 Å². The average Bonchev–Trinajstić information content (AvgIpc) is 3.49. The zero-order chi connectivity index (χ0) is 22.8. The number of sulfonamides is 2. The number of thiophene rings is 1. The number of rotatable bonds is 8. The van der Waals surface area contributed by atoms with Gasteiger partial charge < -0.3 is 0 Å².